The Morgan fingerprint density at radius 3 is 2.22 bits per heavy atom. The van der Waals surface area contributed by atoms with Gasteiger partial charge in [-0.1, -0.05) is 32.9 Å². The summed E-state index contributed by atoms with van der Waals surface area (Å²) >= 11 is 0. The van der Waals surface area contributed by atoms with Crippen LogP contribution >= 0.6 is 0 Å². The highest BCUT2D eigenvalue weighted by Crippen LogP contribution is 1.96. The molecule has 0 spiro atoms. The molecular formula is C8H17N. The van der Waals surface area contributed by atoms with Crippen LogP contribution in [0.5, 0.6) is 0 Å². The first-order valence-corrected chi connectivity index (χ1v) is 3.60. The van der Waals surface area contributed by atoms with Gasteiger partial charge in [0.1, 0.15) is 0 Å². The zero-order valence-electron chi connectivity index (χ0n) is 6.59. The maximum Gasteiger partial charge on any atom is 0.0221 e. The average Bonchev–Trinajstić information content (AvgIpc) is 1.83. The standard InChI is InChI=1S/C8H17N/c1-4-8(9)6-5-7(2)3/h5-8H,4,9H2,1-3H3/b6-5-. The predicted molar refractivity (Wildman–Crippen MR) is 42.2 cm³/mol. The Hall–Kier alpha value is -0.300. The Kier molecular flexibility index (Phi) is 4.41. The summed E-state index contributed by atoms with van der Waals surface area (Å²) < 4.78 is 0. The fourth-order valence-corrected chi connectivity index (χ4v) is 0.501. The van der Waals surface area contributed by atoms with E-state index in [1.807, 2.05) is 0 Å². The summed E-state index contributed by atoms with van der Waals surface area (Å²) in [5, 5.41) is 0. The van der Waals surface area contributed by atoms with E-state index in [9.17, 15) is 0 Å². The molecule has 0 aromatic rings. The molecule has 2 N–H and O–H groups in total. The van der Waals surface area contributed by atoms with Gasteiger partial charge in [-0.15, -0.1) is 0 Å². The third kappa shape index (κ3) is 5.57. The number of rotatable bonds is 3. The average molecular weight is 127 g/mol. The number of nitrogens with two attached hydrogens (primary N) is 1. The summed E-state index contributed by atoms with van der Waals surface area (Å²) in [5.74, 6) is 0.627. The first-order chi connectivity index (χ1) is 4.16. The minimum atomic E-state index is 0.257. The van der Waals surface area contributed by atoms with Crippen LogP contribution in [0.15, 0.2) is 12.2 Å². The minimum Gasteiger partial charge on any atom is -0.324 e. The molecule has 1 atom stereocenters. The van der Waals surface area contributed by atoms with Crippen molar-refractivity contribution < 1.29 is 0 Å². The zero-order chi connectivity index (χ0) is 7.28. The summed E-state index contributed by atoms with van der Waals surface area (Å²) in [4.78, 5) is 0. The van der Waals surface area contributed by atoms with Crippen molar-refractivity contribution in [2.45, 2.75) is 33.2 Å². The lowest BCUT2D eigenvalue weighted by Crippen LogP contribution is -2.14. The quantitative estimate of drug-likeness (QED) is 0.576. The maximum atomic E-state index is 5.63. The first kappa shape index (κ1) is 8.70. The molecule has 0 heterocycles. The van der Waals surface area contributed by atoms with E-state index in [1.54, 1.807) is 0 Å². The molecule has 9 heavy (non-hydrogen) atoms. The van der Waals surface area contributed by atoms with Gasteiger partial charge in [0.25, 0.3) is 0 Å². The lowest BCUT2D eigenvalue weighted by atomic mass is 10.1. The van der Waals surface area contributed by atoms with Crippen LogP contribution in [0.4, 0.5) is 0 Å². The Balaban J connectivity index is 3.43. The highest BCUT2D eigenvalue weighted by Gasteiger charge is 1.90. The van der Waals surface area contributed by atoms with Crippen molar-refractivity contribution in [3.63, 3.8) is 0 Å². The molecule has 0 saturated carbocycles. The van der Waals surface area contributed by atoms with Crippen LogP contribution in [-0.2, 0) is 0 Å². The number of allylic oxidation sites excluding steroid dienone is 1. The Labute approximate surface area is 57.9 Å². The summed E-state index contributed by atoms with van der Waals surface area (Å²) in [6.45, 7) is 6.40. The summed E-state index contributed by atoms with van der Waals surface area (Å²) in [6, 6.07) is 0.257. The fraction of sp³-hybridized carbons (Fsp3) is 0.750. The van der Waals surface area contributed by atoms with Crippen molar-refractivity contribution >= 4 is 0 Å². The SMILES string of the molecule is CCC(N)/C=C\C(C)C. The van der Waals surface area contributed by atoms with E-state index in [2.05, 4.69) is 32.9 Å². The molecule has 0 aliphatic heterocycles. The van der Waals surface area contributed by atoms with Gasteiger partial charge in [0.05, 0.1) is 0 Å². The van der Waals surface area contributed by atoms with Crippen molar-refractivity contribution in [1.29, 1.82) is 0 Å². The molecule has 0 rings (SSSR count). The lowest BCUT2D eigenvalue weighted by molar-refractivity contribution is 0.758. The van der Waals surface area contributed by atoms with Crippen LogP contribution in [0.25, 0.3) is 0 Å². The van der Waals surface area contributed by atoms with Crippen LogP contribution in [0, 0.1) is 5.92 Å². The highest BCUT2D eigenvalue weighted by atomic mass is 14.6. The predicted octanol–water partition coefficient (Wildman–Crippen LogP) is 1.94. The maximum absolute atomic E-state index is 5.63. The van der Waals surface area contributed by atoms with Gasteiger partial charge in [-0.05, 0) is 12.3 Å². The second-order valence-corrected chi connectivity index (χ2v) is 2.70. The molecule has 1 heteroatoms. The highest BCUT2D eigenvalue weighted by molar-refractivity contribution is 4.92. The van der Waals surface area contributed by atoms with Crippen LogP contribution in [0.3, 0.4) is 0 Å². The van der Waals surface area contributed by atoms with Crippen LogP contribution in [0.2, 0.25) is 0 Å². The molecule has 1 nitrogen and oxygen atoms in total. The Bertz CT molecular complexity index is 84.6. The second-order valence-electron chi connectivity index (χ2n) is 2.70. The number of hydrogen-bond acceptors (Lipinski definition) is 1. The van der Waals surface area contributed by atoms with Gasteiger partial charge in [-0.2, -0.15) is 0 Å². The van der Waals surface area contributed by atoms with E-state index >= 15 is 0 Å². The molecule has 0 bridgehead atoms. The summed E-state index contributed by atoms with van der Waals surface area (Å²) in [7, 11) is 0. The Morgan fingerprint density at radius 1 is 1.33 bits per heavy atom. The first-order valence-electron chi connectivity index (χ1n) is 3.60. The van der Waals surface area contributed by atoms with Crippen LogP contribution < -0.4 is 5.73 Å². The summed E-state index contributed by atoms with van der Waals surface area (Å²) in [5.41, 5.74) is 5.63. The van der Waals surface area contributed by atoms with Crippen molar-refractivity contribution in [3.8, 4) is 0 Å². The van der Waals surface area contributed by atoms with Gasteiger partial charge in [-0.3, -0.25) is 0 Å². The van der Waals surface area contributed by atoms with Gasteiger partial charge in [-0.25, -0.2) is 0 Å². The topological polar surface area (TPSA) is 26.0 Å². The zero-order valence-corrected chi connectivity index (χ0v) is 6.59. The molecule has 0 fully saturated rings. The molecule has 1 unspecified atom stereocenters. The molecule has 0 radical (unpaired) electrons. The second kappa shape index (κ2) is 4.57. The van der Waals surface area contributed by atoms with Crippen LogP contribution in [-0.4, -0.2) is 6.04 Å². The molecule has 0 aromatic heterocycles. The molecule has 54 valence electrons. The van der Waals surface area contributed by atoms with Gasteiger partial charge in [0, 0.05) is 6.04 Å². The minimum absolute atomic E-state index is 0.257. The van der Waals surface area contributed by atoms with Crippen LogP contribution in [0.1, 0.15) is 27.2 Å². The van der Waals surface area contributed by atoms with Gasteiger partial charge in [0.2, 0.25) is 0 Å². The van der Waals surface area contributed by atoms with Gasteiger partial charge >= 0.3 is 0 Å². The Morgan fingerprint density at radius 2 is 1.89 bits per heavy atom. The van der Waals surface area contributed by atoms with E-state index in [0.717, 1.165) is 6.42 Å². The molecule has 0 saturated heterocycles. The van der Waals surface area contributed by atoms with E-state index in [1.165, 1.54) is 0 Å². The monoisotopic (exact) mass is 127 g/mol. The molecule has 0 aliphatic carbocycles. The summed E-state index contributed by atoms with van der Waals surface area (Å²) in [6.07, 6.45) is 5.25. The van der Waals surface area contributed by atoms with E-state index in [-0.39, 0.29) is 6.04 Å². The van der Waals surface area contributed by atoms with E-state index in [4.69, 9.17) is 5.73 Å². The van der Waals surface area contributed by atoms with E-state index in [0.29, 0.717) is 5.92 Å². The smallest absolute Gasteiger partial charge is 0.0221 e. The normalized spacial score (nSPS) is 15.2. The largest absolute Gasteiger partial charge is 0.324 e. The van der Waals surface area contributed by atoms with Crippen molar-refractivity contribution in [1.82, 2.24) is 0 Å². The van der Waals surface area contributed by atoms with Gasteiger partial charge in [0.15, 0.2) is 0 Å². The lowest BCUT2D eigenvalue weighted by Gasteiger charge is -2.00. The number of hydrogen-bond donors (Lipinski definition) is 1. The van der Waals surface area contributed by atoms with E-state index < -0.39 is 0 Å². The third-order valence-electron chi connectivity index (χ3n) is 1.21. The molecule has 0 amide bonds. The third-order valence-corrected chi connectivity index (χ3v) is 1.21. The van der Waals surface area contributed by atoms with Crippen molar-refractivity contribution in [2.75, 3.05) is 0 Å². The van der Waals surface area contributed by atoms with Gasteiger partial charge < -0.3 is 5.73 Å². The van der Waals surface area contributed by atoms with Crippen molar-refractivity contribution in [3.05, 3.63) is 12.2 Å². The molecule has 0 aromatic carbocycles. The molecular weight excluding hydrogens is 110 g/mol. The van der Waals surface area contributed by atoms with Crippen molar-refractivity contribution in [2.24, 2.45) is 11.7 Å². The molecule has 0 aliphatic rings. The fourth-order valence-electron chi connectivity index (χ4n) is 0.501.